The lowest BCUT2D eigenvalue weighted by atomic mass is 9.97. The molecule has 2 heterocycles. The second kappa shape index (κ2) is 11.2. The first-order chi connectivity index (χ1) is 23.3. The summed E-state index contributed by atoms with van der Waals surface area (Å²) >= 11 is 0. The third kappa shape index (κ3) is 4.77. The van der Waals surface area contributed by atoms with E-state index in [1.807, 2.05) is 6.07 Å². The van der Waals surface area contributed by atoms with Crippen molar-refractivity contribution < 1.29 is 0 Å². The largest absolute Gasteiger partial charge is 0.277 e. The van der Waals surface area contributed by atoms with Gasteiger partial charge in [0.25, 0.3) is 0 Å². The number of hydrogen-bond donors (Lipinski definition) is 0. The molecular formula is C44H29N3. The van der Waals surface area contributed by atoms with Crippen LogP contribution in [0.15, 0.2) is 176 Å². The zero-order valence-electron chi connectivity index (χ0n) is 25.6. The number of hydrogen-bond acceptors (Lipinski definition) is 2. The van der Waals surface area contributed by atoms with E-state index in [0.29, 0.717) is 5.95 Å². The molecule has 3 nitrogen and oxygen atoms in total. The first-order valence-corrected chi connectivity index (χ1v) is 15.9. The molecule has 220 valence electrons. The summed E-state index contributed by atoms with van der Waals surface area (Å²) in [6, 6.07) is 62.0. The molecular weight excluding hydrogens is 571 g/mol. The van der Waals surface area contributed by atoms with Crippen molar-refractivity contribution in [2.24, 2.45) is 0 Å². The molecule has 9 aromatic rings. The van der Waals surface area contributed by atoms with Crippen LogP contribution in [-0.2, 0) is 0 Å². The lowest BCUT2D eigenvalue weighted by Crippen LogP contribution is -2.04. The topological polar surface area (TPSA) is 30.7 Å². The number of rotatable bonds is 5. The van der Waals surface area contributed by atoms with Crippen molar-refractivity contribution in [2.75, 3.05) is 0 Å². The molecule has 9 rings (SSSR count). The van der Waals surface area contributed by atoms with Crippen LogP contribution in [0.4, 0.5) is 0 Å². The van der Waals surface area contributed by atoms with Crippen molar-refractivity contribution in [3.63, 3.8) is 0 Å². The Kier molecular flexibility index (Phi) is 6.46. The summed E-state index contributed by atoms with van der Waals surface area (Å²) in [5.41, 5.74) is 10.8. The molecule has 0 atom stereocenters. The van der Waals surface area contributed by atoms with E-state index in [1.54, 1.807) is 0 Å². The molecule has 0 unspecified atom stereocenters. The molecule has 0 fully saturated rings. The molecule has 0 saturated carbocycles. The Balaban J connectivity index is 1.27. The molecule has 0 radical (unpaired) electrons. The minimum absolute atomic E-state index is 0.653. The molecule has 0 aliphatic rings. The molecule has 0 saturated heterocycles. The molecule has 2 aromatic heterocycles. The van der Waals surface area contributed by atoms with E-state index in [4.69, 9.17) is 9.97 Å². The maximum Gasteiger partial charge on any atom is 0.235 e. The molecule has 0 spiro atoms. The highest BCUT2D eigenvalue weighted by Crippen LogP contribution is 2.37. The van der Waals surface area contributed by atoms with Gasteiger partial charge in [-0.1, -0.05) is 152 Å². The van der Waals surface area contributed by atoms with Crippen LogP contribution in [-0.4, -0.2) is 14.5 Å². The molecule has 0 aliphatic carbocycles. The van der Waals surface area contributed by atoms with Crippen LogP contribution in [0.5, 0.6) is 0 Å². The predicted molar refractivity (Wildman–Crippen MR) is 196 cm³/mol. The van der Waals surface area contributed by atoms with Gasteiger partial charge in [-0.05, 0) is 51.9 Å². The maximum atomic E-state index is 5.33. The van der Waals surface area contributed by atoms with E-state index in [2.05, 4.69) is 174 Å². The molecule has 0 amide bonds. The van der Waals surface area contributed by atoms with Gasteiger partial charge in [0.05, 0.1) is 22.4 Å². The summed E-state index contributed by atoms with van der Waals surface area (Å²) in [4.78, 5) is 10.6. The Labute approximate surface area is 273 Å². The lowest BCUT2D eigenvalue weighted by Gasteiger charge is -2.13. The third-order valence-corrected chi connectivity index (χ3v) is 9.00. The van der Waals surface area contributed by atoms with Crippen LogP contribution in [0.1, 0.15) is 0 Å². The first-order valence-electron chi connectivity index (χ1n) is 15.9. The van der Waals surface area contributed by atoms with Gasteiger partial charge in [0.2, 0.25) is 5.95 Å². The van der Waals surface area contributed by atoms with Crippen molar-refractivity contribution in [1.29, 1.82) is 0 Å². The second-order valence-corrected chi connectivity index (χ2v) is 11.9. The molecule has 47 heavy (non-hydrogen) atoms. The van der Waals surface area contributed by atoms with Gasteiger partial charge < -0.3 is 0 Å². The Morgan fingerprint density at radius 3 is 1.62 bits per heavy atom. The highest BCUT2D eigenvalue weighted by Gasteiger charge is 2.18. The molecule has 0 bridgehead atoms. The lowest BCUT2D eigenvalue weighted by molar-refractivity contribution is 0.998. The van der Waals surface area contributed by atoms with Gasteiger partial charge in [-0.25, -0.2) is 9.97 Å². The number of para-hydroxylation sites is 1. The summed E-state index contributed by atoms with van der Waals surface area (Å²) in [6.07, 6.45) is 0. The number of benzene rings is 7. The minimum Gasteiger partial charge on any atom is -0.277 e. The summed E-state index contributed by atoms with van der Waals surface area (Å²) in [5, 5.41) is 4.74. The van der Waals surface area contributed by atoms with Gasteiger partial charge in [0.15, 0.2) is 0 Å². The van der Waals surface area contributed by atoms with Gasteiger partial charge in [0, 0.05) is 27.3 Å². The van der Waals surface area contributed by atoms with E-state index < -0.39 is 0 Å². The highest BCUT2D eigenvalue weighted by atomic mass is 15.2. The van der Waals surface area contributed by atoms with Gasteiger partial charge in [0.1, 0.15) is 0 Å². The average molecular weight is 600 g/mol. The number of nitrogens with zero attached hydrogens (tertiary/aromatic N) is 3. The Bertz CT molecular complexity index is 2570. The van der Waals surface area contributed by atoms with Crippen LogP contribution in [0.3, 0.4) is 0 Å². The monoisotopic (exact) mass is 599 g/mol. The summed E-state index contributed by atoms with van der Waals surface area (Å²) in [6.45, 7) is 0. The Morgan fingerprint density at radius 2 is 0.872 bits per heavy atom. The summed E-state index contributed by atoms with van der Waals surface area (Å²) in [5.74, 6) is 0.653. The fourth-order valence-corrected chi connectivity index (χ4v) is 6.74. The van der Waals surface area contributed by atoms with Crippen LogP contribution < -0.4 is 0 Å². The zero-order chi connectivity index (χ0) is 31.2. The van der Waals surface area contributed by atoms with Gasteiger partial charge in [-0.3, -0.25) is 4.57 Å². The highest BCUT2D eigenvalue weighted by molar-refractivity contribution is 6.18. The summed E-state index contributed by atoms with van der Waals surface area (Å²) < 4.78 is 2.25. The van der Waals surface area contributed by atoms with E-state index >= 15 is 0 Å². The summed E-state index contributed by atoms with van der Waals surface area (Å²) in [7, 11) is 0. The number of fused-ring (bicyclic) bond motifs is 5. The third-order valence-electron chi connectivity index (χ3n) is 9.00. The fourth-order valence-electron chi connectivity index (χ4n) is 6.74. The van der Waals surface area contributed by atoms with Gasteiger partial charge >= 0.3 is 0 Å². The average Bonchev–Trinajstić information content (AvgIpc) is 3.50. The van der Waals surface area contributed by atoms with E-state index in [1.165, 1.54) is 38.2 Å². The smallest absolute Gasteiger partial charge is 0.235 e. The van der Waals surface area contributed by atoms with Crippen molar-refractivity contribution in [1.82, 2.24) is 14.5 Å². The molecule has 0 N–H and O–H groups in total. The zero-order valence-corrected chi connectivity index (χ0v) is 25.6. The maximum absolute atomic E-state index is 5.33. The SMILES string of the molecule is c1ccc(-c2cccc(-c3cccc(-c4cc(-c5ccccc5)nc(-n5c6ccccc6c6ccc7ccccc7c65)n4)c3)c2)cc1. The fraction of sp³-hybridized carbons (Fsp3) is 0. The van der Waals surface area contributed by atoms with E-state index in [9.17, 15) is 0 Å². The van der Waals surface area contributed by atoms with E-state index in [-0.39, 0.29) is 0 Å². The molecule has 0 aliphatic heterocycles. The van der Waals surface area contributed by atoms with Crippen LogP contribution >= 0.6 is 0 Å². The van der Waals surface area contributed by atoms with Crippen LogP contribution in [0.2, 0.25) is 0 Å². The Morgan fingerprint density at radius 1 is 0.340 bits per heavy atom. The van der Waals surface area contributed by atoms with Crippen molar-refractivity contribution in [3.8, 4) is 50.7 Å². The predicted octanol–water partition coefficient (Wildman–Crippen LogP) is 11.4. The number of aromatic nitrogens is 3. The first kappa shape index (κ1) is 27.0. The standard InChI is InChI=1S/C44H29N3/c1-3-13-30(14-4-1)33-18-11-19-34(27-33)35-20-12-21-36(28-35)41-29-40(32-16-5-2-6-17-32)45-44(46-41)47-42-24-10-9-23-38(42)39-26-25-31-15-7-8-22-37(31)43(39)47/h1-29H. The van der Waals surface area contributed by atoms with Gasteiger partial charge in [-0.2, -0.15) is 0 Å². The van der Waals surface area contributed by atoms with Crippen molar-refractivity contribution in [3.05, 3.63) is 176 Å². The normalized spacial score (nSPS) is 11.4. The van der Waals surface area contributed by atoms with Crippen LogP contribution in [0, 0.1) is 0 Å². The van der Waals surface area contributed by atoms with Gasteiger partial charge in [-0.15, -0.1) is 0 Å². The Hall–Kier alpha value is -6.32. The van der Waals surface area contributed by atoms with Crippen molar-refractivity contribution in [2.45, 2.75) is 0 Å². The van der Waals surface area contributed by atoms with E-state index in [0.717, 1.165) is 39.1 Å². The molecule has 7 aromatic carbocycles. The molecule has 3 heteroatoms. The quantitative estimate of drug-likeness (QED) is 0.197. The van der Waals surface area contributed by atoms with Crippen molar-refractivity contribution >= 4 is 32.6 Å². The minimum atomic E-state index is 0.653. The van der Waals surface area contributed by atoms with Crippen LogP contribution in [0.25, 0.3) is 83.3 Å². The second-order valence-electron chi connectivity index (χ2n) is 11.9.